The fraction of sp³-hybridized carbons (Fsp3) is 0.786. The fourth-order valence-corrected chi connectivity index (χ4v) is 3.61. The molecule has 4 nitrogen and oxygen atoms in total. The molecule has 1 N–H and O–H groups in total. The predicted molar refractivity (Wildman–Crippen MR) is 72.4 cm³/mol. The van der Waals surface area contributed by atoms with Crippen LogP contribution < -0.4 is 5.32 Å². The molecule has 3 rings (SSSR count). The number of piperazine rings is 1. The lowest BCUT2D eigenvalue weighted by Crippen LogP contribution is -2.58. The van der Waals surface area contributed by atoms with Gasteiger partial charge in [0.05, 0.1) is 11.4 Å². The summed E-state index contributed by atoms with van der Waals surface area (Å²) in [6.07, 6.45) is 5.50. The summed E-state index contributed by atoms with van der Waals surface area (Å²) in [6.45, 7) is 6.61. The van der Waals surface area contributed by atoms with E-state index in [4.69, 9.17) is 0 Å². The Bertz CT molecular complexity index is 417. The van der Waals surface area contributed by atoms with Crippen LogP contribution in [0.25, 0.3) is 0 Å². The van der Waals surface area contributed by atoms with E-state index in [2.05, 4.69) is 35.4 Å². The highest BCUT2D eigenvalue weighted by molar-refractivity contribution is 5.09. The Hall–Kier alpha value is -0.870. The summed E-state index contributed by atoms with van der Waals surface area (Å²) in [7, 11) is 2.05. The zero-order valence-corrected chi connectivity index (χ0v) is 11.6. The molecule has 18 heavy (non-hydrogen) atoms. The largest absolute Gasteiger partial charge is 0.309 e. The number of aryl methyl sites for hydroxylation is 2. The molecule has 2 fully saturated rings. The summed E-state index contributed by atoms with van der Waals surface area (Å²) in [6, 6.07) is 2.21. The minimum absolute atomic E-state index is 0.423. The van der Waals surface area contributed by atoms with Crippen molar-refractivity contribution in [1.29, 1.82) is 0 Å². The molecule has 0 aromatic carbocycles. The quantitative estimate of drug-likeness (QED) is 0.860. The van der Waals surface area contributed by atoms with E-state index in [1.807, 2.05) is 4.68 Å². The first kappa shape index (κ1) is 12.2. The molecule has 1 saturated heterocycles. The maximum Gasteiger partial charge on any atom is 0.0597 e. The van der Waals surface area contributed by atoms with Gasteiger partial charge in [-0.1, -0.05) is 12.8 Å². The third-order valence-electron chi connectivity index (χ3n) is 4.50. The SMILES string of the molecule is Cc1cc(CN2CCNC3(CCCC3)C2)n(C)n1. The number of hydrogen-bond acceptors (Lipinski definition) is 3. The zero-order valence-electron chi connectivity index (χ0n) is 11.6. The molecule has 1 aliphatic heterocycles. The van der Waals surface area contributed by atoms with Gasteiger partial charge in [-0.05, 0) is 25.8 Å². The highest BCUT2D eigenvalue weighted by Crippen LogP contribution is 2.32. The average molecular weight is 248 g/mol. The molecule has 0 bridgehead atoms. The van der Waals surface area contributed by atoms with Crippen molar-refractivity contribution >= 4 is 0 Å². The highest BCUT2D eigenvalue weighted by Gasteiger charge is 2.37. The van der Waals surface area contributed by atoms with E-state index in [0.29, 0.717) is 5.54 Å². The van der Waals surface area contributed by atoms with Crippen molar-refractivity contribution in [2.24, 2.45) is 7.05 Å². The van der Waals surface area contributed by atoms with E-state index >= 15 is 0 Å². The maximum absolute atomic E-state index is 4.44. The van der Waals surface area contributed by atoms with Crippen LogP contribution in [0.2, 0.25) is 0 Å². The van der Waals surface area contributed by atoms with Gasteiger partial charge in [0, 0.05) is 38.8 Å². The molecule has 100 valence electrons. The van der Waals surface area contributed by atoms with Crippen molar-refractivity contribution in [2.45, 2.75) is 44.7 Å². The molecule has 1 spiro atoms. The summed E-state index contributed by atoms with van der Waals surface area (Å²) in [5.41, 5.74) is 2.88. The molecule has 0 radical (unpaired) electrons. The minimum Gasteiger partial charge on any atom is -0.309 e. The summed E-state index contributed by atoms with van der Waals surface area (Å²) < 4.78 is 2.03. The van der Waals surface area contributed by atoms with Crippen LogP contribution in [0, 0.1) is 6.92 Å². The third-order valence-corrected chi connectivity index (χ3v) is 4.50. The van der Waals surface area contributed by atoms with Gasteiger partial charge >= 0.3 is 0 Å². The van der Waals surface area contributed by atoms with Gasteiger partial charge in [-0.2, -0.15) is 5.10 Å². The van der Waals surface area contributed by atoms with Crippen molar-refractivity contribution < 1.29 is 0 Å². The van der Waals surface area contributed by atoms with Gasteiger partial charge in [-0.25, -0.2) is 0 Å². The Balaban J connectivity index is 1.67. The van der Waals surface area contributed by atoms with Gasteiger partial charge in [0.15, 0.2) is 0 Å². The smallest absolute Gasteiger partial charge is 0.0597 e. The van der Waals surface area contributed by atoms with E-state index in [9.17, 15) is 0 Å². The first-order valence-corrected chi connectivity index (χ1v) is 7.14. The third kappa shape index (κ3) is 2.31. The topological polar surface area (TPSA) is 33.1 Å². The molecular formula is C14H24N4. The molecule has 0 atom stereocenters. The van der Waals surface area contributed by atoms with E-state index in [-0.39, 0.29) is 0 Å². The van der Waals surface area contributed by atoms with Crippen LogP contribution in [0.4, 0.5) is 0 Å². The lowest BCUT2D eigenvalue weighted by molar-refractivity contribution is 0.126. The van der Waals surface area contributed by atoms with Crippen LogP contribution in [-0.4, -0.2) is 39.9 Å². The van der Waals surface area contributed by atoms with Crippen molar-refractivity contribution in [3.8, 4) is 0 Å². The zero-order chi connectivity index (χ0) is 12.6. The van der Waals surface area contributed by atoms with E-state index < -0.39 is 0 Å². The molecule has 0 amide bonds. The normalized spacial score (nSPS) is 23.9. The Kier molecular flexibility index (Phi) is 3.16. The van der Waals surface area contributed by atoms with Crippen LogP contribution in [0.3, 0.4) is 0 Å². The van der Waals surface area contributed by atoms with Crippen LogP contribution in [0.1, 0.15) is 37.1 Å². The molecule has 1 saturated carbocycles. The maximum atomic E-state index is 4.44. The summed E-state index contributed by atoms with van der Waals surface area (Å²) in [5, 5.41) is 8.21. The van der Waals surface area contributed by atoms with Crippen LogP contribution in [0.5, 0.6) is 0 Å². The number of hydrogen-bond donors (Lipinski definition) is 1. The average Bonchev–Trinajstić information content (AvgIpc) is 2.88. The molecule has 1 aromatic heterocycles. The second-order valence-electron chi connectivity index (χ2n) is 6.03. The molecule has 4 heteroatoms. The molecule has 0 unspecified atom stereocenters. The second kappa shape index (κ2) is 4.67. The first-order valence-electron chi connectivity index (χ1n) is 7.14. The lowest BCUT2D eigenvalue weighted by Gasteiger charge is -2.41. The Morgan fingerprint density at radius 3 is 2.83 bits per heavy atom. The predicted octanol–water partition coefficient (Wildman–Crippen LogP) is 1.45. The number of nitrogens with zero attached hydrogens (tertiary/aromatic N) is 3. The summed E-state index contributed by atoms with van der Waals surface area (Å²) in [5.74, 6) is 0. The minimum atomic E-state index is 0.423. The molecule has 1 aliphatic carbocycles. The summed E-state index contributed by atoms with van der Waals surface area (Å²) in [4.78, 5) is 2.60. The van der Waals surface area contributed by atoms with Gasteiger partial charge in [0.25, 0.3) is 0 Å². The molecule has 2 heterocycles. The van der Waals surface area contributed by atoms with E-state index in [1.54, 1.807) is 0 Å². The van der Waals surface area contributed by atoms with Crippen LogP contribution in [-0.2, 0) is 13.6 Å². The Labute approximate surface area is 109 Å². The fourth-order valence-electron chi connectivity index (χ4n) is 3.61. The van der Waals surface area contributed by atoms with Gasteiger partial charge in [0.1, 0.15) is 0 Å². The van der Waals surface area contributed by atoms with Crippen molar-refractivity contribution in [2.75, 3.05) is 19.6 Å². The van der Waals surface area contributed by atoms with Crippen molar-refractivity contribution in [3.05, 3.63) is 17.5 Å². The van der Waals surface area contributed by atoms with E-state index in [1.165, 1.54) is 37.9 Å². The Morgan fingerprint density at radius 1 is 1.39 bits per heavy atom. The molecule has 2 aliphatic rings. The lowest BCUT2D eigenvalue weighted by atomic mass is 9.94. The Morgan fingerprint density at radius 2 is 2.17 bits per heavy atom. The highest BCUT2D eigenvalue weighted by atomic mass is 15.3. The standard InChI is InChI=1S/C14H24N4/c1-12-9-13(17(2)16-12)10-18-8-7-15-14(11-18)5-3-4-6-14/h9,15H,3-8,10-11H2,1-2H3. The van der Waals surface area contributed by atoms with E-state index in [0.717, 1.165) is 25.3 Å². The first-order chi connectivity index (χ1) is 8.67. The molecule has 1 aromatic rings. The van der Waals surface area contributed by atoms with Gasteiger partial charge < -0.3 is 5.32 Å². The van der Waals surface area contributed by atoms with Crippen molar-refractivity contribution in [1.82, 2.24) is 20.0 Å². The number of rotatable bonds is 2. The summed E-state index contributed by atoms with van der Waals surface area (Å²) >= 11 is 0. The van der Waals surface area contributed by atoms with Crippen LogP contribution in [0.15, 0.2) is 6.07 Å². The van der Waals surface area contributed by atoms with Gasteiger partial charge in [-0.15, -0.1) is 0 Å². The number of aromatic nitrogens is 2. The van der Waals surface area contributed by atoms with Gasteiger partial charge in [-0.3, -0.25) is 9.58 Å². The van der Waals surface area contributed by atoms with Crippen molar-refractivity contribution in [3.63, 3.8) is 0 Å². The van der Waals surface area contributed by atoms with Crippen LogP contribution >= 0.6 is 0 Å². The molecular weight excluding hydrogens is 224 g/mol. The second-order valence-corrected chi connectivity index (χ2v) is 6.03. The monoisotopic (exact) mass is 248 g/mol. The van der Waals surface area contributed by atoms with Gasteiger partial charge in [0.2, 0.25) is 0 Å². The number of nitrogens with one attached hydrogen (secondary N) is 1.